The molecule has 8 heteroatoms. The maximum absolute atomic E-state index is 12.1. The van der Waals surface area contributed by atoms with Crippen LogP contribution in [-0.2, 0) is 17.8 Å². The lowest BCUT2D eigenvalue weighted by Gasteiger charge is -2.23. The highest BCUT2D eigenvalue weighted by Crippen LogP contribution is 2.22. The minimum Gasteiger partial charge on any atom is -0.375 e. The van der Waals surface area contributed by atoms with Gasteiger partial charge in [-0.25, -0.2) is 4.98 Å². The Bertz CT molecular complexity index is 661. The van der Waals surface area contributed by atoms with Gasteiger partial charge in [0.15, 0.2) is 5.13 Å². The minimum absolute atomic E-state index is 0.00140. The smallest absolute Gasteiger partial charge is 0.241 e. The third-order valence-corrected chi connectivity index (χ3v) is 4.98. The number of hydrogen-bond donors (Lipinski definition) is 3. The van der Waals surface area contributed by atoms with Gasteiger partial charge in [-0.1, -0.05) is 0 Å². The van der Waals surface area contributed by atoms with Crippen molar-refractivity contribution in [1.82, 2.24) is 25.4 Å². The number of carbonyl (C=O) groups is 1. The molecule has 0 radical (unpaired) electrons. The van der Waals surface area contributed by atoms with Gasteiger partial charge in [-0.2, -0.15) is 5.10 Å². The van der Waals surface area contributed by atoms with Crippen molar-refractivity contribution < 1.29 is 4.79 Å². The minimum atomic E-state index is 0.00140. The zero-order valence-electron chi connectivity index (χ0n) is 13.7. The second-order valence-electron chi connectivity index (χ2n) is 6.09. The highest BCUT2D eigenvalue weighted by atomic mass is 32.1. The van der Waals surface area contributed by atoms with Crippen molar-refractivity contribution in [3.8, 4) is 0 Å². The predicted octanol–water partition coefficient (Wildman–Crippen LogP) is 1.14. The molecule has 1 amide bonds. The van der Waals surface area contributed by atoms with E-state index in [9.17, 15) is 4.79 Å². The monoisotopic (exact) mass is 348 g/mol. The summed E-state index contributed by atoms with van der Waals surface area (Å²) in [5.41, 5.74) is 7.75. The molecule has 0 aliphatic carbocycles. The van der Waals surface area contributed by atoms with E-state index >= 15 is 0 Å². The van der Waals surface area contributed by atoms with E-state index < -0.39 is 0 Å². The van der Waals surface area contributed by atoms with Crippen LogP contribution < -0.4 is 16.4 Å². The second-order valence-corrected chi connectivity index (χ2v) is 6.98. The summed E-state index contributed by atoms with van der Waals surface area (Å²) in [4.78, 5) is 16.4. The molecule has 2 aromatic rings. The summed E-state index contributed by atoms with van der Waals surface area (Å²) in [7, 11) is 0. The van der Waals surface area contributed by atoms with E-state index in [2.05, 4.69) is 20.7 Å². The van der Waals surface area contributed by atoms with Crippen LogP contribution in [0.4, 0.5) is 5.13 Å². The maximum Gasteiger partial charge on any atom is 0.241 e. The van der Waals surface area contributed by atoms with Crippen molar-refractivity contribution in [2.45, 2.75) is 38.1 Å². The molecular weight excluding hydrogens is 324 g/mol. The fraction of sp³-hybridized carbons (Fsp3) is 0.562. The number of thiazole rings is 1. The Morgan fingerprint density at radius 2 is 2.46 bits per heavy atom. The number of nitrogen functional groups attached to an aromatic ring is 1. The average Bonchev–Trinajstić information content (AvgIpc) is 3.21. The Hall–Kier alpha value is -1.93. The number of aromatic nitrogens is 3. The molecule has 0 saturated carbocycles. The van der Waals surface area contributed by atoms with E-state index in [1.165, 1.54) is 17.8 Å². The van der Waals surface area contributed by atoms with Gasteiger partial charge < -0.3 is 16.4 Å². The molecule has 0 bridgehead atoms. The van der Waals surface area contributed by atoms with Crippen molar-refractivity contribution >= 4 is 22.4 Å². The molecule has 0 aromatic carbocycles. The SMILES string of the molecule is Nc1nc(CCCNC(=O)Cn2nccc2C2CCCNC2)cs1. The Balaban J connectivity index is 1.42. The fourth-order valence-electron chi connectivity index (χ4n) is 3.05. The molecule has 1 atom stereocenters. The Morgan fingerprint density at radius 3 is 3.21 bits per heavy atom. The van der Waals surface area contributed by atoms with Crippen molar-refractivity contribution in [2.75, 3.05) is 25.4 Å². The largest absolute Gasteiger partial charge is 0.375 e. The molecule has 4 N–H and O–H groups in total. The van der Waals surface area contributed by atoms with Gasteiger partial charge in [0.1, 0.15) is 6.54 Å². The van der Waals surface area contributed by atoms with Gasteiger partial charge in [0, 0.05) is 36.3 Å². The summed E-state index contributed by atoms with van der Waals surface area (Å²) in [6, 6.07) is 2.03. The molecule has 7 nitrogen and oxygen atoms in total. The molecule has 1 fully saturated rings. The molecule has 2 aromatic heterocycles. The van der Waals surface area contributed by atoms with Gasteiger partial charge in [0.25, 0.3) is 0 Å². The third kappa shape index (κ3) is 4.55. The molecule has 24 heavy (non-hydrogen) atoms. The Kier molecular flexibility index (Phi) is 5.81. The topological polar surface area (TPSA) is 97.9 Å². The van der Waals surface area contributed by atoms with Crippen molar-refractivity contribution in [3.05, 3.63) is 29.0 Å². The van der Waals surface area contributed by atoms with Crippen LogP contribution >= 0.6 is 11.3 Å². The predicted molar refractivity (Wildman–Crippen MR) is 94.9 cm³/mol. The molecule has 3 heterocycles. The molecule has 0 spiro atoms. The van der Waals surface area contributed by atoms with E-state index in [1.54, 1.807) is 6.20 Å². The number of amides is 1. The van der Waals surface area contributed by atoms with Crippen LogP contribution in [0.3, 0.4) is 0 Å². The van der Waals surface area contributed by atoms with Gasteiger partial charge in [0.05, 0.1) is 5.69 Å². The van der Waals surface area contributed by atoms with Crippen molar-refractivity contribution in [3.63, 3.8) is 0 Å². The van der Waals surface area contributed by atoms with Gasteiger partial charge in [-0.3, -0.25) is 9.48 Å². The van der Waals surface area contributed by atoms with Crippen LogP contribution in [0.2, 0.25) is 0 Å². The van der Waals surface area contributed by atoms with Gasteiger partial charge >= 0.3 is 0 Å². The summed E-state index contributed by atoms with van der Waals surface area (Å²) in [6.07, 6.45) is 5.78. The molecule has 1 aliphatic heterocycles. The van der Waals surface area contributed by atoms with Crippen LogP contribution in [0.15, 0.2) is 17.6 Å². The average molecular weight is 348 g/mol. The van der Waals surface area contributed by atoms with E-state index in [0.29, 0.717) is 17.6 Å². The van der Waals surface area contributed by atoms with Crippen LogP contribution in [0.5, 0.6) is 0 Å². The molecular formula is C16H24N6OS. The molecule has 1 saturated heterocycles. The van der Waals surface area contributed by atoms with Crippen LogP contribution in [-0.4, -0.2) is 40.3 Å². The number of nitrogens with zero attached hydrogens (tertiary/aromatic N) is 3. The van der Waals surface area contributed by atoms with Gasteiger partial charge in [0.2, 0.25) is 5.91 Å². The number of rotatable bonds is 7. The van der Waals surface area contributed by atoms with E-state index in [4.69, 9.17) is 5.73 Å². The normalized spacial score (nSPS) is 17.8. The highest BCUT2D eigenvalue weighted by molar-refractivity contribution is 7.13. The fourth-order valence-corrected chi connectivity index (χ4v) is 3.65. The first-order valence-corrected chi connectivity index (χ1v) is 9.29. The third-order valence-electron chi connectivity index (χ3n) is 4.26. The van der Waals surface area contributed by atoms with Gasteiger partial charge in [-0.05, 0) is 38.3 Å². The maximum atomic E-state index is 12.1. The molecule has 1 unspecified atom stereocenters. The summed E-state index contributed by atoms with van der Waals surface area (Å²) in [5, 5.41) is 13.2. The van der Waals surface area contributed by atoms with E-state index in [-0.39, 0.29) is 12.5 Å². The lowest BCUT2D eigenvalue weighted by Crippen LogP contribution is -2.32. The van der Waals surface area contributed by atoms with Crippen molar-refractivity contribution in [1.29, 1.82) is 0 Å². The number of carbonyl (C=O) groups excluding carboxylic acids is 1. The van der Waals surface area contributed by atoms with Crippen molar-refractivity contribution in [2.24, 2.45) is 0 Å². The molecule has 1 aliphatic rings. The zero-order chi connectivity index (χ0) is 16.8. The second kappa shape index (κ2) is 8.25. The number of aryl methyl sites for hydroxylation is 1. The first-order valence-electron chi connectivity index (χ1n) is 8.41. The summed E-state index contributed by atoms with van der Waals surface area (Å²) >= 11 is 1.45. The van der Waals surface area contributed by atoms with Crippen LogP contribution in [0, 0.1) is 0 Å². The number of nitrogens with one attached hydrogen (secondary N) is 2. The summed E-state index contributed by atoms with van der Waals surface area (Å²) < 4.78 is 1.83. The number of anilines is 1. The zero-order valence-corrected chi connectivity index (χ0v) is 14.5. The molecule has 3 rings (SSSR count). The lowest BCUT2D eigenvalue weighted by atomic mass is 9.96. The standard InChI is InChI=1S/C16H24N6OS/c17-16-21-13(11-24-16)4-2-7-19-15(23)10-22-14(5-8-20-22)12-3-1-6-18-9-12/h5,8,11-12,18H,1-4,6-7,9-10H2,(H2,17,21)(H,19,23). The molecule has 130 valence electrons. The number of piperidine rings is 1. The number of hydrogen-bond acceptors (Lipinski definition) is 6. The number of nitrogens with two attached hydrogens (primary N) is 1. The summed E-state index contributed by atoms with van der Waals surface area (Å²) in [6.45, 7) is 2.96. The Morgan fingerprint density at radius 1 is 1.54 bits per heavy atom. The first-order chi connectivity index (χ1) is 11.7. The first kappa shape index (κ1) is 16.9. The lowest BCUT2D eigenvalue weighted by molar-refractivity contribution is -0.121. The summed E-state index contributed by atoms with van der Waals surface area (Å²) in [5.74, 6) is 0.450. The van der Waals surface area contributed by atoms with Crippen LogP contribution in [0.25, 0.3) is 0 Å². The van der Waals surface area contributed by atoms with Crippen LogP contribution in [0.1, 0.15) is 36.6 Å². The quantitative estimate of drug-likeness (QED) is 0.652. The van der Waals surface area contributed by atoms with E-state index in [1.807, 2.05) is 16.1 Å². The highest BCUT2D eigenvalue weighted by Gasteiger charge is 2.19. The Labute approximate surface area is 145 Å². The van der Waals surface area contributed by atoms with Gasteiger partial charge in [-0.15, -0.1) is 11.3 Å². The van der Waals surface area contributed by atoms with E-state index in [0.717, 1.165) is 43.7 Å².